The van der Waals surface area contributed by atoms with E-state index in [2.05, 4.69) is 4.98 Å². The van der Waals surface area contributed by atoms with Crippen LogP contribution >= 0.6 is 11.6 Å². The van der Waals surface area contributed by atoms with Gasteiger partial charge in [0.2, 0.25) is 0 Å². The van der Waals surface area contributed by atoms with E-state index in [1.54, 1.807) is 22.8 Å². The van der Waals surface area contributed by atoms with Crippen LogP contribution in [-0.2, 0) is 6.54 Å². The number of fused-ring (bicyclic) bond motifs is 1. The monoisotopic (exact) mass is 322 g/mol. The van der Waals surface area contributed by atoms with E-state index in [1.807, 2.05) is 6.07 Å². The van der Waals surface area contributed by atoms with Gasteiger partial charge in [0.1, 0.15) is 5.82 Å². The van der Waals surface area contributed by atoms with Crippen LogP contribution in [0.15, 0.2) is 36.4 Å². The molecule has 0 atom stereocenters. The van der Waals surface area contributed by atoms with Gasteiger partial charge >= 0.3 is 0 Å². The van der Waals surface area contributed by atoms with Gasteiger partial charge in [-0.2, -0.15) is 0 Å². The lowest BCUT2D eigenvalue weighted by Crippen LogP contribution is -2.03. The second-order valence-electron chi connectivity index (χ2n) is 4.90. The molecule has 0 saturated heterocycles. The number of imidazole rings is 1. The van der Waals surface area contributed by atoms with Crippen LogP contribution in [0.4, 0.5) is 8.78 Å². The fraction of sp³-hybridized carbons (Fsp3) is 0.188. The third-order valence-corrected chi connectivity index (χ3v) is 3.77. The second-order valence-corrected chi connectivity index (χ2v) is 5.31. The van der Waals surface area contributed by atoms with E-state index in [1.165, 1.54) is 0 Å². The van der Waals surface area contributed by atoms with Crippen LogP contribution in [0.5, 0.6) is 0 Å². The molecule has 6 heteroatoms. The predicted molar refractivity (Wildman–Crippen MR) is 81.8 cm³/mol. The summed E-state index contributed by atoms with van der Waals surface area (Å²) in [6.07, 6.45) is 0.474. The maximum atomic E-state index is 13.6. The molecule has 114 valence electrons. The largest absolute Gasteiger partial charge is 0.396 e. The molecule has 3 aromatic rings. The normalized spacial score (nSPS) is 11.3. The molecule has 22 heavy (non-hydrogen) atoms. The number of rotatable bonds is 4. The first-order chi connectivity index (χ1) is 10.6. The van der Waals surface area contributed by atoms with E-state index in [9.17, 15) is 8.78 Å². The highest BCUT2D eigenvalue weighted by molar-refractivity contribution is 6.33. The topological polar surface area (TPSA) is 38.0 Å². The smallest absolute Gasteiger partial charge is 0.161 e. The van der Waals surface area contributed by atoms with E-state index < -0.39 is 11.6 Å². The summed E-state index contributed by atoms with van der Waals surface area (Å²) in [6.45, 7) is 0.421. The van der Waals surface area contributed by atoms with E-state index >= 15 is 0 Å². The van der Waals surface area contributed by atoms with Crippen molar-refractivity contribution in [1.29, 1.82) is 0 Å². The molecule has 0 aliphatic carbocycles. The zero-order valence-corrected chi connectivity index (χ0v) is 12.3. The number of hydrogen-bond acceptors (Lipinski definition) is 2. The van der Waals surface area contributed by atoms with Crippen LogP contribution in [-0.4, -0.2) is 21.3 Å². The quantitative estimate of drug-likeness (QED) is 0.788. The first-order valence-electron chi connectivity index (χ1n) is 6.83. The number of aliphatic hydroxyl groups is 1. The van der Waals surface area contributed by atoms with E-state index in [-0.39, 0.29) is 6.61 Å². The molecule has 0 bridgehead atoms. The molecule has 0 spiro atoms. The molecule has 2 aromatic carbocycles. The average molecular weight is 323 g/mol. The molecule has 0 unspecified atom stereocenters. The maximum Gasteiger partial charge on any atom is 0.161 e. The summed E-state index contributed by atoms with van der Waals surface area (Å²) in [7, 11) is 0. The Morgan fingerprint density at radius 2 is 1.86 bits per heavy atom. The van der Waals surface area contributed by atoms with Crippen molar-refractivity contribution in [2.24, 2.45) is 0 Å². The average Bonchev–Trinajstić information content (AvgIpc) is 2.83. The zero-order chi connectivity index (χ0) is 15.7. The summed E-state index contributed by atoms with van der Waals surface area (Å²) >= 11 is 6.20. The fourth-order valence-electron chi connectivity index (χ4n) is 2.42. The Bertz CT molecular complexity index is 832. The molecule has 1 heterocycles. The second kappa shape index (κ2) is 6.02. The van der Waals surface area contributed by atoms with Crippen molar-refractivity contribution in [2.75, 3.05) is 6.61 Å². The van der Waals surface area contributed by atoms with Gasteiger partial charge in [-0.15, -0.1) is 0 Å². The SMILES string of the molecule is OCCCn1c(-c2ccccc2Cl)nc2cc(F)c(F)cc21. The minimum atomic E-state index is -0.940. The Balaban J connectivity index is 2.26. The lowest BCUT2D eigenvalue weighted by Gasteiger charge is -2.09. The number of aryl methyl sites for hydroxylation is 1. The van der Waals surface area contributed by atoms with E-state index in [0.717, 1.165) is 12.1 Å². The Labute approximate surface area is 130 Å². The molecule has 0 amide bonds. The summed E-state index contributed by atoms with van der Waals surface area (Å²) < 4.78 is 28.7. The molecule has 3 nitrogen and oxygen atoms in total. The molecule has 1 N–H and O–H groups in total. The maximum absolute atomic E-state index is 13.6. The van der Waals surface area contributed by atoms with Gasteiger partial charge in [-0.05, 0) is 18.6 Å². The van der Waals surface area contributed by atoms with Crippen molar-refractivity contribution in [1.82, 2.24) is 9.55 Å². The van der Waals surface area contributed by atoms with Crippen molar-refractivity contribution in [2.45, 2.75) is 13.0 Å². The Kier molecular flexibility index (Phi) is 4.09. The summed E-state index contributed by atoms with van der Waals surface area (Å²) in [5.41, 5.74) is 1.51. The molecule has 0 fully saturated rings. The lowest BCUT2D eigenvalue weighted by atomic mass is 10.2. The van der Waals surface area contributed by atoms with Crippen molar-refractivity contribution in [3.05, 3.63) is 53.1 Å². The van der Waals surface area contributed by atoms with Gasteiger partial charge in [0, 0.05) is 30.8 Å². The molecule has 0 aliphatic rings. The van der Waals surface area contributed by atoms with Crippen molar-refractivity contribution >= 4 is 22.6 Å². The Morgan fingerprint density at radius 3 is 2.59 bits per heavy atom. The summed E-state index contributed by atoms with van der Waals surface area (Å²) in [4.78, 5) is 4.39. The molecular formula is C16H13ClF2N2O. The number of nitrogens with zero attached hydrogens (tertiary/aromatic N) is 2. The first kappa shape index (κ1) is 14.9. The zero-order valence-electron chi connectivity index (χ0n) is 11.6. The highest BCUT2D eigenvalue weighted by atomic mass is 35.5. The third-order valence-electron chi connectivity index (χ3n) is 3.44. The van der Waals surface area contributed by atoms with Gasteiger partial charge in [-0.25, -0.2) is 13.8 Å². The number of halogens is 3. The van der Waals surface area contributed by atoms with E-state index in [4.69, 9.17) is 16.7 Å². The van der Waals surface area contributed by atoms with Gasteiger partial charge < -0.3 is 9.67 Å². The first-order valence-corrected chi connectivity index (χ1v) is 7.20. The van der Waals surface area contributed by atoms with Crippen LogP contribution in [0.25, 0.3) is 22.4 Å². The number of hydrogen-bond donors (Lipinski definition) is 1. The number of benzene rings is 2. The fourth-order valence-corrected chi connectivity index (χ4v) is 2.64. The summed E-state index contributed by atoms with van der Waals surface area (Å²) in [5.74, 6) is -1.34. The minimum absolute atomic E-state index is 0.00862. The molecule has 0 aliphatic heterocycles. The van der Waals surface area contributed by atoms with Gasteiger partial charge in [-0.3, -0.25) is 0 Å². The predicted octanol–water partition coefficient (Wildman–Crippen LogP) is 4.02. The highest BCUT2D eigenvalue weighted by Gasteiger charge is 2.17. The van der Waals surface area contributed by atoms with Crippen molar-refractivity contribution < 1.29 is 13.9 Å². The molecule has 0 saturated carbocycles. The number of aliphatic hydroxyl groups excluding tert-OH is 1. The summed E-state index contributed by atoms with van der Waals surface area (Å²) in [5, 5.41) is 9.56. The third kappa shape index (κ3) is 2.58. The summed E-state index contributed by atoms with van der Waals surface area (Å²) in [6, 6.07) is 9.33. The van der Waals surface area contributed by atoms with Crippen molar-refractivity contribution in [3.63, 3.8) is 0 Å². The molecule has 1 aromatic heterocycles. The minimum Gasteiger partial charge on any atom is -0.396 e. The standard InChI is InChI=1S/C16H13ClF2N2O/c17-11-5-2-1-4-10(11)16-20-14-8-12(18)13(19)9-15(14)21(16)6-3-7-22/h1-2,4-5,8-9,22H,3,6-7H2. The van der Waals surface area contributed by atoms with E-state index in [0.29, 0.717) is 40.4 Å². The van der Waals surface area contributed by atoms with Gasteiger partial charge in [0.25, 0.3) is 0 Å². The van der Waals surface area contributed by atoms with Gasteiger partial charge in [0.15, 0.2) is 11.6 Å². The Hall–Kier alpha value is -1.98. The molecule has 3 rings (SSSR count). The highest BCUT2D eigenvalue weighted by Crippen LogP contribution is 2.31. The van der Waals surface area contributed by atoms with Crippen LogP contribution < -0.4 is 0 Å². The van der Waals surface area contributed by atoms with Crippen LogP contribution in [0.1, 0.15) is 6.42 Å². The van der Waals surface area contributed by atoms with Crippen LogP contribution in [0.3, 0.4) is 0 Å². The molecular weight excluding hydrogens is 310 g/mol. The van der Waals surface area contributed by atoms with Crippen LogP contribution in [0, 0.1) is 11.6 Å². The van der Waals surface area contributed by atoms with Crippen molar-refractivity contribution in [3.8, 4) is 11.4 Å². The lowest BCUT2D eigenvalue weighted by molar-refractivity contribution is 0.281. The van der Waals surface area contributed by atoms with Gasteiger partial charge in [-0.1, -0.05) is 23.7 Å². The molecule has 0 radical (unpaired) electrons. The van der Waals surface area contributed by atoms with Gasteiger partial charge in [0.05, 0.1) is 16.1 Å². The Morgan fingerprint density at radius 1 is 1.14 bits per heavy atom. The number of aromatic nitrogens is 2. The van der Waals surface area contributed by atoms with Crippen LogP contribution in [0.2, 0.25) is 5.02 Å².